The van der Waals surface area contributed by atoms with Gasteiger partial charge in [0, 0.05) is 7.11 Å². The predicted molar refractivity (Wildman–Crippen MR) is 71.4 cm³/mol. The molecule has 1 aromatic carbocycles. The molecule has 19 heavy (non-hydrogen) atoms. The molecule has 0 saturated heterocycles. The summed E-state index contributed by atoms with van der Waals surface area (Å²) in [4.78, 5) is 12.5. The van der Waals surface area contributed by atoms with Gasteiger partial charge in [0.05, 0.1) is 24.1 Å². The van der Waals surface area contributed by atoms with Crippen molar-refractivity contribution in [3.05, 3.63) is 40.4 Å². The van der Waals surface area contributed by atoms with Crippen molar-refractivity contribution in [3.63, 3.8) is 0 Å². The Morgan fingerprint density at radius 2 is 2.05 bits per heavy atom. The average molecular weight is 258 g/mol. The molecule has 0 aliphatic rings. The number of methoxy groups -OCH3 is 1. The van der Waals surface area contributed by atoms with Gasteiger partial charge in [-0.25, -0.2) is 0 Å². The van der Waals surface area contributed by atoms with Crippen LogP contribution in [0.25, 0.3) is 16.7 Å². The Morgan fingerprint density at radius 1 is 1.26 bits per heavy atom. The van der Waals surface area contributed by atoms with E-state index in [4.69, 9.17) is 4.74 Å². The number of nitrogens with zero attached hydrogens (tertiary/aromatic N) is 4. The fourth-order valence-electron chi connectivity index (χ4n) is 2.28. The molecule has 0 saturated carbocycles. The maximum absolute atomic E-state index is 12.5. The topological polar surface area (TPSA) is 61.4 Å². The van der Waals surface area contributed by atoms with Gasteiger partial charge in [0.2, 0.25) is 5.78 Å². The molecule has 0 atom stereocenters. The maximum Gasteiger partial charge on any atom is 0.262 e. The molecular weight excluding hydrogens is 244 g/mol. The summed E-state index contributed by atoms with van der Waals surface area (Å²) >= 11 is 0. The van der Waals surface area contributed by atoms with Crippen molar-refractivity contribution in [1.82, 2.24) is 19.2 Å². The van der Waals surface area contributed by atoms with Crippen molar-refractivity contribution in [2.24, 2.45) is 0 Å². The summed E-state index contributed by atoms with van der Waals surface area (Å²) in [5.74, 6) is 1.32. The number of benzene rings is 1. The molecule has 2 aromatic heterocycles. The predicted octanol–water partition coefficient (Wildman–Crippen LogP) is 0.999. The van der Waals surface area contributed by atoms with E-state index in [1.807, 2.05) is 35.6 Å². The van der Waals surface area contributed by atoms with Crippen LogP contribution in [-0.4, -0.2) is 32.9 Å². The quantitative estimate of drug-likeness (QED) is 0.703. The van der Waals surface area contributed by atoms with Crippen molar-refractivity contribution in [1.29, 1.82) is 0 Å². The van der Waals surface area contributed by atoms with Crippen LogP contribution >= 0.6 is 0 Å². The third-order valence-electron chi connectivity index (χ3n) is 3.19. The molecule has 0 aliphatic heterocycles. The highest BCUT2D eigenvalue weighted by molar-refractivity contribution is 5.80. The number of ether oxygens (including phenoxy) is 1. The SMILES string of the molecule is COCCn1c(=O)c2ccccc2n2c(C)nnc12. The van der Waals surface area contributed by atoms with Crippen LogP contribution < -0.4 is 5.56 Å². The van der Waals surface area contributed by atoms with E-state index in [0.29, 0.717) is 24.3 Å². The lowest BCUT2D eigenvalue weighted by atomic mass is 10.2. The van der Waals surface area contributed by atoms with Crippen molar-refractivity contribution in [2.75, 3.05) is 13.7 Å². The van der Waals surface area contributed by atoms with Gasteiger partial charge in [0.25, 0.3) is 5.56 Å². The summed E-state index contributed by atoms with van der Waals surface area (Å²) in [5.41, 5.74) is 0.770. The average Bonchev–Trinajstić information content (AvgIpc) is 2.81. The van der Waals surface area contributed by atoms with Crippen LogP contribution in [0.4, 0.5) is 0 Å². The molecule has 2 heterocycles. The number of hydrogen-bond donors (Lipinski definition) is 0. The zero-order valence-corrected chi connectivity index (χ0v) is 10.8. The lowest BCUT2D eigenvalue weighted by molar-refractivity contribution is 0.187. The molecular formula is C13H14N4O2. The molecule has 0 bridgehead atoms. The fraction of sp³-hybridized carbons (Fsp3) is 0.308. The number of hydrogen-bond acceptors (Lipinski definition) is 4. The third-order valence-corrected chi connectivity index (χ3v) is 3.19. The first-order valence-electron chi connectivity index (χ1n) is 6.06. The van der Waals surface area contributed by atoms with Crippen molar-refractivity contribution >= 4 is 16.7 Å². The second-order valence-corrected chi connectivity index (χ2v) is 4.35. The molecule has 0 N–H and O–H groups in total. The highest BCUT2D eigenvalue weighted by Gasteiger charge is 2.13. The van der Waals surface area contributed by atoms with E-state index in [-0.39, 0.29) is 5.56 Å². The highest BCUT2D eigenvalue weighted by Crippen LogP contribution is 2.13. The molecule has 0 amide bonds. The molecule has 0 aliphatic carbocycles. The van der Waals surface area contributed by atoms with E-state index in [2.05, 4.69) is 10.2 Å². The van der Waals surface area contributed by atoms with Crippen LogP contribution in [0, 0.1) is 6.92 Å². The van der Waals surface area contributed by atoms with Gasteiger partial charge in [-0.3, -0.25) is 13.8 Å². The van der Waals surface area contributed by atoms with Crippen LogP contribution in [0.5, 0.6) is 0 Å². The van der Waals surface area contributed by atoms with Crippen LogP contribution in [-0.2, 0) is 11.3 Å². The van der Waals surface area contributed by atoms with Crippen molar-refractivity contribution in [2.45, 2.75) is 13.5 Å². The van der Waals surface area contributed by atoms with E-state index in [1.165, 1.54) is 0 Å². The first-order chi connectivity index (χ1) is 9.24. The number of fused-ring (bicyclic) bond motifs is 3. The van der Waals surface area contributed by atoms with Gasteiger partial charge in [-0.05, 0) is 19.1 Å². The minimum Gasteiger partial charge on any atom is -0.383 e. The first kappa shape index (κ1) is 11.9. The maximum atomic E-state index is 12.5. The molecule has 0 fully saturated rings. The van der Waals surface area contributed by atoms with Crippen LogP contribution in [0.2, 0.25) is 0 Å². The molecule has 3 aromatic rings. The summed E-state index contributed by atoms with van der Waals surface area (Å²) in [6.45, 7) is 2.79. The summed E-state index contributed by atoms with van der Waals surface area (Å²) in [7, 11) is 1.61. The molecule has 98 valence electrons. The van der Waals surface area contributed by atoms with Gasteiger partial charge in [0.1, 0.15) is 5.82 Å². The number of rotatable bonds is 3. The Labute approximate surface area is 109 Å². The summed E-state index contributed by atoms with van der Waals surface area (Å²) in [6, 6.07) is 7.48. The van der Waals surface area contributed by atoms with Crippen LogP contribution in [0.3, 0.4) is 0 Å². The smallest absolute Gasteiger partial charge is 0.262 e. The normalized spacial score (nSPS) is 11.5. The van der Waals surface area contributed by atoms with Gasteiger partial charge >= 0.3 is 0 Å². The van der Waals surface area contributed by atoms with Crippen LogP contribution in [0.1, 0.15) is 5.82 Å². The molecule has 0 radical (unpaired) electrons. The Morgan fingerprint density at radius 3 is 2.84 bits per heavy atom. The zero-order chi connectivity index (χ0) is 13.4. The Balaban J connectivity index is 2.46. The largest absolute Gasteiger partial charge is 0.383 e. The molecule has 0 unspecified atom stereocenters. The number of aryl methyl sites for hydroxylation is 1. The third kappa shape index (κ3) is 1.72. The summed E-state index contributed by atoms with van der Waals surface area (Å²) < 4.78 is 8.55. The Kier molecular flexibility index (Phi) is 2.79. The number of para-hydroxylation sites is 1. The minimum atomic E-state index is -0.0625. The van der Waals surface area contributed by atoms with E-state index in [0.717, 1.165) is 11.3 Å². The van der Waals surface area contributed by atoms with Crippen LogP contribution in [0.15, 0.2) is 29.1 Å². The summed E-state index contributed by atoms with van der Waals surface area (Å²) in [6.07, 6.45) is 0. The molecule has 6 nitrogen and oxygen atoms in total. The van der Waals surface area contributed by atoms with E-state index < -0.39 is 0 Å². The Bertz CT molecular complexity index is 803. The second-order valence-electron chi connectivity index (χ2n) is 4.35. The summed E-state index contributed by atoms with van der Waals surface area (Å²) in [5, 5.41) is 8.83. The first-order valence-corrected chi connectivity index (χ1v) is 6.06. The van der Waals surface area contributed by atoms with E-state index >= 15 is 0 Å². The number of aromatic nitrogens is 4. The van der Waals surface area contributed by atoms with E-state index in [9.17, 15) is 4.79 Å². The molecule has 3 rings (SSSR count). The minimum absolute atomic E-state index is 0.0625. The lowest BCUT2D eigenvalue weighted by Crippen LogP contribution is -2.25. The second kappa shape index (κ2) is 4.47. The van der Waals surface area contributed by atoms with Gasteiger partial charge in [-0.2, -0.15) is 0 Å². The standard InChI is InChI=1S/C13H14N4O2/c1-9-14-15-13-16(7-8-19-2)12(18)10-5-3-4-6-11(10)17(9)13/h3-6H,7-8H2,1-2H3. The lowest BCUT2D eigenvalue weighted by Gasteiger charge is -2.10. The van der Waals surface area contributed by atoms with Gasteiger partial charge in [0.15, 0.2) is 0 Å². The fourth-order valence-corrected chi connectivity index (χ4v) is 2.28. The molecule has 0 spiro atoms. The van der Waals surface area contributed by atoms with Crippen molar-refractivity contribution in [3.8, 4) is 0 Å². The Hall–Kier alpha value is -2.21. The molecule has 6 heteroatoms. The highest BCUT2D eigenvalue weighted by atomic mass is 16.5. The van der Waals surface area contributed by atoms with Crippen molar-refractivity contribution < 1.29 is 4.74 Å². The van der Waals surface area contributed by atoms with E-state index in [1.54, 1.807) is 11.7 Å². The monoisotopic (exact) mass is 258 g/mol. The van der Waals surface area contributed by atoms with Gasteiger partial charge in [-0.15, -0.1) is 10.2 Å². The van der Waals surface area contributed by atoms with Gasteiger partial charge in [-0.1, -0.05) is 12.1 Å². The van der Waals surface area contributed by atoms with Gasteiger partial charge < -0.3 is 4.74 Å². The zero-order valence-electron chi connectivity index (χ0n) is 10.8.